The van der Waals surface area contributed by atoms with E-state index < -0.39 is 18.3 Å². The molecule has 0 fully saturated rings. The fraction of sp³-hybridized carbons (Fsp3) is 1.00. The Morgan fingerprint density at radius 1 is 0.885 bits per heavy atom. The zero-order chi connectivity index (χ0) is 17.5. The van der Waals surface area contributed by atoms with Crippen molar-refractivity contribution in [3.63, 3.8) is 0 Å². The molecule has 1 N–H and O–H groups in total. The maximum absolute atomic E-state index is 10.2. The summed E-state index contributed by atoms with van der Waals surface area (Å²) < 4.78 is 51.6. The summed E-state index contributed by atoms with van der Waals surface area (Å²) in [6.07, 6.45) is 11.9. The summed E-state index contributed by atoms with van der Waals surface area (Å²) >= 11 is 0. The van der Waals surface area contributed by atoms with E-state index in [9.17, 15) is 12.6 Å². The second-order valence-electron chi connectivity index (χ2n) is 4.86. The molecule has 0 spiro atoms. The number of unbranched alkanes of at least 4 members (excludes halogenated alkanes) is 9. The number of hydrogen-bond acceptors (Lipinski definition) is 6. The van der Waals surface area contributed by atoms with Crippen LogP contribution in [0.1, 0.15) is 71.1 Å². The molecule has 0 aromatic carbocycles. The molecule has 0 rings (SSSR count). The molecular weight excluding hydrogens is 426 g/mol. The van der Waals surface area contributed by atoms with Gasteiger partial charge in [-0.2, -0.15) is 8.42 Å². The first-order chi connectivity index (χ1) is 10.1. The third kappa shape index (κ3) is 63.2. The summed E-state index contributed by atoms with van der Waals surface area (Å²) in [5.74, 6) is 0. The Bertz CT molecular complexity index is 392. The molecule has 0 aromatic rings. The van der Waals surface area contributed by atoms with Crippen LogP contribution in [0.3, 0.4) is 0 Å². The minimum Gasteiger partial charge on any atom is -1.00 e. The van der Waals surface area contributed by atoms with Gasteiger partial charge < -0.3 is 19.1 Å². The van der Waals surface area contributed by atoms with Gasteiger partial charge in [-0.15, -0.1) is 0 Å². The first-order valence-corrected chi connectivity index (χ1v) is 10.2. The third-order valence-corrected chi connectivity index (χ3v) is 3.19. The van der Waals surface area contributed by atoms with Crippen LogP contribution in [0.2, 0.25) is 0 Å². The van der Waals surface area contributed by atoms with Gasteiger partial charge in [0.1, 0.15) is 7.91 Å². The molecule has 0 heterocycles. The molecule has 0 aromatic heterocycles. The van der Waals surface area contributed by atoms with Crippen molar-refractivity contribution in [1.82, 2.24) is 0 Å². The topological polar surface area (TPSA) is 127 Å². The molecule has 7 nitrogen and oxygen atoms in total. The van der Waals surface area contributed by atoms with E-state index in [0.29, 0.717) is 6.42 Å². The molecule has 0 saturated carbocycles. The quantitative estimate of drug-likeness (QED) is 0.135. The van der Waals surface area contributed by atoms with E-state index in [0.717, 1.165) is 12.8 Å². The average molecular weight is 452 g/mol. The van der Waals surface area contributed by atoms with Crippen LogP contribution in [-0.4, -0.2) is 19.6 Å². The molecule has 0 atom stereocenters. The molecule has 0 saturated heterocycles. The fourth-order valence-corrected chi connectivity index (χ4v) is 2.08. The first kappa shape index (κ1) is 42.9. The standard InChI is InChI=1S/C12H26O4S.FH2O3P.FH.3Na/c1-2-3-4-5-6-7-8-9-10-11-12-16-17(13,14)15;1-5(2,3)4;;;;/h2-12H2,1H3,(H,13,14,15);(H2,2,3,4);1H;;;/q;;;3*+1/p-3. The molecule has 0 aliphatic carbocycles. The summed E-state index contributed by atoms with van der Waals surface area (Å²) in [4.78, 5) is 16.9. The predicted molar refractivity (Wildman–Crippen MR) is 78.1 cm³/mol. The molecular formula is C12H26F2Na3O7PS. The normalized spacial score (nSPS) is 10.0. The average Bonchev–Trinajstić information content (AvgIpc) is 2.32. The van der Waals surface area contributed by atoms with Crippen molar-refractivity contribution in [2.75, 3.05) is 6.61 Å². The summed E-state index contributed by atoms with van der Waals surface area (Å²) in [5, 5.41) is 0. The Kier molecular flexibility index (Phi) is 46.0. The zero-order valence-electron chi connectivity index (χ0n) is 16.3. The fourth-order valence-electron chi connectivity index (χ4n) is 1.75. The van der Waals surface area contributed by atoms with Crippen LogP contribution < -0.4 is 103 Å². The van der Waals surface area contributed by atoms with Gasteiger partial charge in [0.2, 0.25) is 0 Å². The van der Waals surface area contributed by atoms with Gasteiger partial charge in [0.25, 0.3) is 0 Å². The molecule has 26 heavy (non-hydrogen) atoms. The van der Waals surface area contributed by atoms with Crippen molar-refractivity contribution in [3.8, 4) is 0 Å². The second kappa shape index (κ2) is 27.9. The molecule has 0 aliphatic rings. The van der Waals surface area contributed by atoms with Crippen molar-refractivity contribution in [2.24, 2.45) is 0 Å². The largest absolute Gasteiger partial charge is 1.00 e. The number of rotatable bonds is 12. The predicted octanol–water partition coefficient (Wildman–Crippen LogP) is -9.47. The Morgan fingerprint density at radius 2 is 1.15 bits per heavy atom. The zero-order valence-corrected chi connectivity index (χ0v) is 24.0. The second-order valence-corrected chi connectivity index (χ2v) is 6.81. The first-order valence-electron chi connectivity index (χ1n) is 7.40. The van der Waals surface area contributed by atoms with Crippen LogP contribution in [0, 0.1) is 0 Å². The van der Waals surface area contributed by atoms with E-state index in [2.05, 4.69) is 11.1 Å². The van der Waals surface area contributed by atoms with Crippen molar-refractivity contribution in [2.45, 2.75) is 71.1 Å². The van der Waals surface area contributed by atoms with E-state index in [1.807, 2.05) is 0 Å². The molecule has 0 unspecified atom stereocenters. The van der Waals surface area contributed by atoms with Gasteiger partial charge in [0.05, 0.1) is 6.61 Å². The van der Waals surface area contributed by atoms with Crippen molar-refractivity contribution >= 4 is 18.3 Å². The van der Waals surface area contributed by atoms with Crippen molar-refractivity contribution in [3.05, 3.63) is 0 Å². The van der Waals surface area contributed by atoms with E-state index in [4.69, 9.17) is 18.9 Å². The van der Waals surface area contributed by atoms with E-state index >= 15 is 0 Å². The van der Waals surface area contributed by atoms with Crippen molar-refractivity contribution in [1.29, 1.82) is 0 Å². The Hall–Kier alpha value is 2.88. The van der Waals surface area contributed by atoms with Gasteiger partial charge >= 0.3 is 99.1 Å². The SMILES string of the molecule is CCCCCCCCCCCCOS(=O)(=O)O.O=P([O-])([O-])F.[F-].[Na+].[Na+].[Na+]. The van der Waals surface area contributed by atoms with Gasteiger partial charge in [-0.3, -0.25) is 4.55 Å². The van der Waals surface area contributed by atoms with Gasteiger partial charge in [-0.05, 0) is 6.42 Å². The van der Waals surface area contributed by atoms with Gasteiger partial charge in [-0.25, -0.2) is 8.38 Å². The monoisotopic (exact) mass is 452 g/mol. The van der Waals surface area contributed by atoms with Gasteiger partial charge in [-0.1, -0.05) is 64.7 Å². The third-order valence-electron chi connectivity index (χ3n) is 2.73. The smallest absolute Gasteiger partial charge is 1.00 e. The van der Waals surface area contributed by atoms with Crippen LogP contribution in [0.4, 0.5) is 4.20 Å². The van der Waals surface area contributed by atoms with Crippen LogP contribution >= 0.6 is 7.91 Å². The van der Waals surface area contributed by atoms with E-state index in [1.54, 1.807) is 0 Å². The van der Waals surface area contributed by atoms with E-state index in [1.165, 1.54) is 44.9 Å². The molecule has 0 amide bonds. The number of halogens is 2. The maximum atomic E-state index is 10.2. The van der Waals surface area contributed by atoms with Crippen molar-refractivity contribution < 1.29 is 129 Å². The van der Waals surface area contributed by atoms with E-state index in [-0.39, 0.29) is 100.0 Å². The van der Waals surface area contributed by atoms with Gasteiger partial charge in [0.15, 0.2) is 0 Å². The van der Waals surface area contributed by atoms with Crippen LogP contribution in [0.25, 0.3) is 0 Å². The Labute approximate surface area is 222 Å². The minimum atomic E-state index is -5.64. The van der Waals surface area contributed by atoms with Crippen LogP contribution in [0.15, 0.2) is 0 Å². The Morgan fingerprint density at radius 3 is 1.42 bits per heavy atom. The molecule has 14 heteroatoms. The van der Waals surface area contributed by atoms with Gasteiger partial charge in [0, 0.05) is 0 Å². The summed E-state index contributed by atoms with van der Waals surface area (Å²) in [5.41, 5.74) is 0. The molecule has 0 bridgehead atoms. The molecule has 0 radical (unpaired) electrons. The summed E-state index contributed by atoms with van der Waals surface area (Å²) in [7, 11) is -9.87. The summed E-state index contributed by atoms with van der Waals surface area (Å²) in [6, 6.07) is 0. The maximum Gasteiger partial charge on any atom is 1.00 e. The number of hydrogen-bond donors (Lipinski definition) is 1. The Balaban J connectivity index is -0.0000000984. The molecule has 0 aliphatic heterocycles. The van der Waals surface area contributed by atoms with Crippen LogP contribution in [-0.2, 0) is 19.1 Å². The summed E-state index contributed by atoms with van der Waals surface area (Å²) in [6.45, 7) is 2.31. The minimum absolute atomic E-state index is 0. The van der Waals surface area contributed by atoms with Crippen LogP contribution in [0.5, 0.6) is 0 Å². The molecule has 144 valence electrons.